The monoisotopic (exact) mass is 151 g/mol. The van der Waals surface area contributed by atoms with Crippen LogP contribution in [-0.2, 0) is 0 Å². The van der Waals surface area contributed by atoms with Crippen LogP contribution in [0, 0.1) is 6.92 Å². The summed E-state index contributed by atoms with van der Waals surface area (Å²) in [6.07, 6.45) is 3.14. The summed E-state index contributed by atoms with van der Waals surface area (Å²) in [6, 6.07) is 0. The Balaban J connectivity index is 2.45. The Morgan fingerprint density at radius 1 is 1.55 bits per heavy atom. The van der Waals surface area contributed by atoms with Gasteiger partial charge < -0.3 is 0 Å². The SMILES string of the molecule is Cc1cn[n+](-c2ncn[nH]2)[nH]1. The van der Waals surface area contributed by atoms with Crippen molar-refractivity contribution in [3.63, 3.8) is 0 Å². The van der Waals surface area contributed by atoms with Crippen LogP contribution in [0.1, 0.15) is 5.69 Å². The van der Waals surface area contributed by atoms with Crippen LogP contribution in [-0.4, -0.2) is 25.4 Å². The maximum atomic E-state index is 3.99. The fourth-order valence-electron chi connectivity index (χ4n) is 0.778. The minimum atomic E-state index is 0.582. The Morgan fingerprint density at radius 3 is 3.00 bits per heavy atom. The molecule has 2 N–H and O–H groups in total. The Kier molecular flexibility index (Phi) is 1.18. The minimum absolute atomic E-state index is 0.582. The van der Waals surface area contributed by atoms with Crippen molar-refractivity contribution in [3.8, 4) is 5.95 Å². The molecule has 56 valence electrons. The summed E-state index contributed by atoms with van der Waals surface area (Å²) in [5.41, 5.74) is 0.974. The van der Waals surface area contributed by atoms with Crippen molar-refractivity contribution in [1.29, 1.82) is 0 Å². The van der Waals surface area contributed by atoms with Gasteiger partial charge in [-0.1, -0.05) is 15.2 Å². The van der Waals surface area contributed by atoms with Gasteiger partial charge in [-0.2, -0.15) is 0 Å². The quantitative estimate of drug-likeness (QED) is 0.519. The molecule has 0 unspecified atom stereocenters. The minimum Gasteiger partial charge on any atom is -0.228 e. The van der Waals surface area contributed by atoms with Gasteiger partial charge in [0.05, 0.1) is 11.9 Å². The third-order valence-electron chi connectivity index (χ3n) is 1.25. The summed E-state index contributed by atoms with van der Waals surface area (Å²) in [6.45, 7) is 1.92. The zero-order chi connectivity index (χ0) is 7.68. The van der Waals surface area contributed by atoms with E-state index in [0.29, 0.717) is 5.95 Å². The highest BCUT2D eigenvalue weighted by atomic mass is 15.5. The van der Waals surface area contributed by atoms with Crippen molar-refractivity contribution in [2.45, 2.75) is 6.92 Å². The van der Waals surface area contributed by atoms with Gasteiger partial charge in [-0.3, -0.25) is 0 Å². The van der Waals surface area contributed by atoms with E-state index >= 15 is 0 Å². The first-order valence-electron chi connectivity index (χ1n) is 3.16. The van der Waals surface area contributed by atoms with Crippen molar-refractivity contribution in [2.24, 2.45) is 0 Å². The number of H-pyrrole nitrogens is 2. The molecule has 0 amide bonds. The average Bonchev–Trinajstić information content (AvgIpc) is 2.55. The molecule has 2 rings (SSSR count). The number of aromatic nitrogens is 6. The number of hydrogen-bond acceptors (Lipinski definition) is 3. The van der Waals surface area contributed by atoms with E-state index < -0.39 is 0 Å². The topological polar surface area (TPSA) is 74.1 Å². The highest BCUT2D eigenvalue weighted by Crippen LogP contribution is 1.83. The van der Waals surface area contributed by atoms with Gasteiger partial charge in [0.25, 0.3) is 0 Å². The molecule has 6 nitrogen and oxygen atoms in total. The lowest BCUT2D eigenvalue weighted by Gasteiger charge is -1.80. The van der Waals surface area contributed by atoms with Gasteiger partial charge in [0.2, 0.25) is 6.33 Å². The van der Waals surface area contributed by atoms with E-state index in [-0.39, 0.29) is 0 Å². The van der Waals surface area contributed by atoms with E-state index in [9.17, 15) is 0 Å². The third-order valence-corrected chi connectivity index (χ3v) is 1.25. The molecule has 0 fully saturated rings. The van der Waals surface area contributed by atoms with Crippen LogP contribution in [0.4, 0.5) is 0 Å². The fourth-order valence-corrected chi connectivity index (χ4v) is 0.778. The maximum Gasteiger partial charge on any atom is 0.459 e. The lowest BCUT2D eigenvalue weighted by Crippen LogP contribution is -2.37. The highest BCUT2D eigenvalue weighted by molar-refractivity contribution is 4.87. The standard InChI is InChI=1S/C5H6N6/c1-4-2-8-11(10-4)5-6-3-7-9-5/h2-3H,1H3,(H,6,7,9)/p+1. The normalized spacial score (nSPS) is 10.3. The number of aryl methyl sites for hydroxylation is 1. The van der Waals surface area contributed by atoms with E-state index in [1.54, 1.807) is 6.20 Å². The van der Waals surface area contributed by atoms with Gasteiger partial charge >= 0.3 is 5.95 Å². The summed E-state index contributed by atoms with van der Waals surface area (Å²) in [4.78, 5) is 5.42. The molecule has 2 aromatic heterocycles. The summed E-state index contributed by atoms with van der Waals surface area (Å²) in [5.74, 6) is 0.582. The molecule has 2 aromatic rings. The first kappa shape index (κ1) is 6.02. The molecule has 2 heterocycles. The Labute approximate surface area is 62.3 Å². The molecule has 0 bridgehead atoms. The van der Waals surface area contributed by atoms with E-state index in [0.717, 1.165) is 5.69 Å². The second kappa shape index (κ2) is 2.15. The van der Waals surface area contributed by atoms with Crippen molar-refractivity contribution < 1.29 is 4.80 Å². The third kappa shape index (κ3) is 0.977. The van der Waals surface area contributed by atoms with Crippen LogP contribution >= 0.6 is 0 Å². The molecule has 0 saturated heterocycles. The number of nitrogens with one attached hydrogen (secondary N) is 2. The molecule has 0 saturated carbocycles. The first-order chi connectivity index (χ1) is 5.36. The van der Waals surface area contributed by atoms with Gasteiger partial charge in [-0.25, -0.2) is 5.10 Å². The fraction of sp³-hybridized carbons (Fsp3) is 0.200. The number of hydrogen-bond donors (Lipinski definition) is 2. The number of nitrogens with zero attached hydrogens (tertiary/aromatic N) is 4. The van der Waals surface area contributed by atoms with Crippen LogP contribution in [0.15, 0.2) is 12.5 Å². The molecular weight excluding hydrogens is 144 g/mol. The lowest BCUT2D eigenvalue weighted by atomic mass is 10.6. The summed E-state index contributed by atoms with van der Waals surface area (Å²) in [5, 5.41) is 13.3. The Morgan fingerprint density at radius 2 is 2.45 bits per heavy atom. The number of rotatable bonds is 1. The van der Waals surface area contributed by atoms with Crippen LogP contribution in [0.2, 0.25) is 0 Å². The largest absolute Gasteiger partial charge is 0.459 e. The van der Waals surface area contributed by atoms with Crippen molar-refractivity contribution in [2.75, 3.05) is 0 Å². The average molecular weight is 151 g/mol. The van der Waals surface area contributed by atoms with Crippen molar-refractivity contribution >= 4 is 0 Å². The number of aromatic amines is 2. The zero-order valence-electron chi connectivity index (χ0n) is 5.94. The molecule has 0 radical (unpaired) electrons. The van der Waals surface area contributed by atoms with E-state index in [1.807, 2.05) is 6.92 Å². The van der Waals surface area contributed by atoms with Gasteiger partial charge in [0, 0.05) is 0 Å². The first-order valence-corrected chi connectivity index (χ1v) is 3.16. The highest BCUT2D eigenvalue weighted by Gasteiger charge is 2.09. The summed E-state index contributed by atoms with van der Waals surface area (Å²) < 4.78 is 0. The van der Waals surface area contributed by atoms with Crippen molar-refractivity contribution in [1.82, 2.24) is 25.4 Å². The maximum absolute atomic E-state index is 3.99. The molecule has 11 heavy (non-hydrogen) atoms. The Hall–Kier alpha value is -1.72. The second-order valence-corrected chi connectivity index (χ2v) is 2.16. The van der Waals surface area contributed by atoms with Gasteiger partial charge in [0.1, 0.15) is 0 Å². The molecule has 0 spiro atoms. The summed E-state index contributed by atoms with van der Waals surface area (Å²) >= 11 is 0. The zero-order valence-corrected chi connectivity index (χ0v) is 5.94. The van der Waals surface area contributed by atoms with Gasteiger partial charge in [-0.05, 0) is 11.7 Å². The second-order valence-electron chi connectivity index (χ2n) is 2.16. The predicted molar refractivity (Wildman–Crippen MR) is 34.8 cm³/mol. The molecule has 6 heteroatoms. The van der Waals surface area contributed by atoms with Crippen LogP contribution < -0.4 is 4.80 Å². The van der Waals surface area contributed by atoms with Crippen LogP contribution in [0.3, 0.4) is 0 Å². The molecule has 0 aliphatic rings. The molecule has 0 atom stereocenters. The molecule has 0 aliphatic carbocycles. The lowest BCUT2D eigenvalue weighted by molar-refractivity contribution is -0.720. The molecule has 0 aromatic carbocycles. The molecule has 0 aliphatic heterocycles. The van der Waals surface area contributed by atoms with E-state index in [4.69, 9.17) is 0 Å². The molecular formula is C5H7N6+. The van der Waals surface area contributed by atoms with E-state index in [2.05, 4.69) is 25.4 Å². The predicted octanol–water partition coefficient (Wildman–Crippen LogP) is -0.887. The Bertz CT molecular complexity index is 333. The van der Waals surface area contributed by atoms with Gasteiger partial charge in [-0.15, -0.1) is 5.10 Å². The van der Waals surface area contributed by atoms with Crippen LogP contribution in [0.25, 0.3) is 5.95 Å². The van der Waals surface area contributed by atoms with Crippen LogP contribution in [0.5, 0.6) is 0 Å². The van der Waals surface area contributed by atoms with E-state index in [1.165, 1.54) is 11.1 Å². The van der Waals surface area contributed by atoms with Gasteiger partial charge in [0.15, 0.2) is 0 Å². The smallest absolute Gasteiger partial charge is 0.228 e. The van der Waals surface area contributed by atoms with Crippen molar-refractivity contribution in [3.05, 3.63) is 18.2 Å². The summed E-state index contributed by atoms with van der Waals surface area (Å²) in [7, 11) is 0.